The molecule has 7 nitrogen and oxygen atoms in total. The molecular weight excluding hydrogens is 411 g/mol. The van der Waals surface area contributed by atoms with Crippen molar-refractivity contribution in [2.45, 2.75) is 10.4 Å². The average Bonchev–Trinajstić information content (AvgIpc) is 2.69. The second kappa shape index (κ2) is 6.08. The molecule has 2 aliphatic rings. The minimum atomic E-state index is -5.24. The number of ether oxygens (including phenoxy) is 2. The molecule has 2 bridgehead atoms. The highest BCUT2D eigenvalue weighted by Crippen LogP contribution is 2.46. The zero-order valence-electron chi connectivity index (χ0n) is 12.0. The summed E-state index contributed by atoms with van der Waals surface area (Å²) >= 11 is 2.20. The van der Waals surface area contributed by atoms with E-state index < -0.39 is 73.7 Å². The van der Waals surface area contributed by atoms with Crippen LogP contribution in [-0.2, 0) is 11.2 Å². The molecule has 0 fully saturated rings. The van der Waals surface area contributed by atoms with Gasteiger partial charge in [0.05, 0.1) is 0 Å². The van der Waals surface area contributed by atoms with Gasteiger partial charge in [-0.1, -0.05) is 11.6 Å². The SMILES string of the molecule is N#Cc1nn(-c2c(Cl)c3c(F)c(F)c2OCO3)c(N)c1[S+]([O-])C(F)(F)F. The van der Waals surface area contributed by atoms with Crippen molar-refractivity contribution < 1.29 is 36.0 Å². The Balaban J connectivity index is 2.32. The maximum absolute atomic E-state index is 14.1. The van der Waals surface area contributed by atoms with Crippen LogP contribution < -0.4 is 15.2 Å². The second-order valence-corrected chi connectivity index (χ2v) is 6.44. The van der Waals surface area contributed by atoms with Crippen LogP contribution in [-0.4, -0.2) is 26.6 Å². The van der Waals surface area contributed by atoms with E-state index in [0.717, 1.165) is 0 Å². The Morgan fingerprint density at radius 2 is 1.85 bits per heavy atom. The van der Waals surface area contributed by atoms with Crippen LogP contribution in [0.25, 0.3) is 5.69 Å². The number of nitrogen functional groups attached to an aromatic ring is 1. The molecule has 0 spiro atoms. The fourth-order valence-electron chi connectivity index (χ4n) is 2.16. The Hall–Kier alpha value is -2.43. The molecular formula is C12H4ClF5N4O3S. The van der Waals surface area contributed by atoms with Crippen LogP contribution in [0.1, 0.15) is 5.69 Å². The van der Waals surface area contributed by atoms with E-state index in [1.165, 1.54) is 6.07 Å². The minimum Gasteiger partial charge on any atom is -0.604 e. The molecule has 26 heavy (non-hydrogen) atoms. The van der Waals surface area contributed by atoms with Crippen molar-refractivity contribution in [2.24, 2.45) is 0 Å². The van der Waals surface area contributed by atoms with Crippen LogP contribution >= 0.6 is 11.6 Å². The summed E-state index contributed by atoms with van der Waals surface area (Å²) in [5.74, 6) is -5.59. The topological polar surface area (TPSA) is 109 Å². The van der Waals surface area contributed by atoms with Gasteiger partial charge in [-0.2, -0.15) is 14.0 Å². The van der Waals surface area contributed by atoms with Gasteiger partial charge in [-0.3, -0.25) is 0 Å². The van der Waals surface area contributed by atoms with Gasteiger partial charge in [0.1, 0.15) is 28.0 Å². The molecule has 2 N–H and O–H groups in total. The summed E-state index contributed by atoms with van der Waals surface area (Å²) in [6.45, 7) is -0.654. The Bertz CT molecular complexity index is 958. The molecule has 2 aromatic rings. The quantitative estimate of drug-likeness (QED) is 0.459. The third-order valence-electron chi connectivity index (χ3n) is 3.21. The van der Waals surface area contributed by atoms with Crippen molar-refractivity contribution in [3.63, 3.8) is 0 Å². The van der Waals surface area contributed by atoms with Crippen molar-refractivity contribution in [3.8, 4) is 23.3 Å². The maximum atomic E-state index is 14.1. The molecule has 4 rings (SSSR count). The molecule has 0 saturated carbocycles. The minimum absolute atomic E-state index is 0.413. The van der Waals surface area contributed by atoms with Gasteiger partial charge < -0.3 is 19.8 Å². The summed E-state index contributed by atoms with van der Waals surface area (Å²) in [4.78, 5) is -1.14. The molecule has 1 aromatic heterocycles. The summed E-state index contributed by atoms with van der Waals surface area (Å²) in [6.07, 6.45) is 0. The van der Waals surface area contributed by atoms with Gasteiger partial charge in [-0.05, 0) is 0 Å². The molecule has 1 aromatic carbocycles. The van der Waals surface area contributed by atoms with Crippen molar-refractivity contribution in [2.75, 3.05) is 12.5 Å². The Morgan fingerprint density at radius 3 is 2.42 bits per heavy atom. The van der Waals surface area contributed by atoms with Gasteiger partial charge in [-0.25, -0.2) is 4.68 Å². The molecule has 0 saturated heterocycles. The number of nitrogens with two attached hydrogens (primary N) is 1. The van der Waals surface area contributed by atoms with E-state index in [2.05, 4.69) is 5.10 Å². The highest BCUT2D eigenvalue weighted by atomic mass is 35.5. The normalized spacial score (nSPS) is 14.4. The Labute approximate surface area is 148 Å². The van der Waals surface area contributed by atoms with Crippen LogP contribution in [0.2, 0.25) is 5.02 Å². The van der Waals surface area contributed by atoms with E-state index in [0.29, 0.717) is 4.68 Å². The van der Waals surface area contributed by atoms with E-state index in [4.69, 9.17) is 32.1 Å². The Morgan fingerprint density at radius 1 is 1.27 bits per heavy atom. The number of fused-ring (bicyclic) bond motifs is 4. The number of benzene rings is 1. The fourth-order valence-corrected chi connectivity index (χ4v) is 3.23. The average molecular weight is 415 g/mol. The highest BCUT2D eigenvalue weighted by molar-refractivity contribution is 7.92. The van der Waals surface area contributed by atoms with E-state index in [1.54, 1.807) is 0 Å². The molecule has 0 amide bonds. The lowest BCUT2D eigenvalue weighted by Gasteiger charge is -2.13. The number of hydrogen-bond acceptors (Lipinski definition) is 6. The molecule has 1 atom stereocenters. The van der Waals surface area contributed by atoms with E-state index >= 15 is 0 Å². The van der Waals surface area contributed by atoms with Gasteiger partial charge in [-0.15, -0.1) is 18.3 Å². The first-order valence-electron chi connectivity index (χ1n) is 6.33. The smallest absolute Gasteiger partial charge is 0.578 e. The third kappa shape index (κ3) is 2.57. The third-order valence-corrected chi connectivity index (χ3v) is 4.75. The van der Waals surface area contributed by atoms with Crippen LogP contribution in [0.5, 0.6) is 11.5 Å². The van der Waals surface area contributed by atoms with Gasteiger partial charge in [0.2, 0.25) is 29.0 Å². The maximum Gasteiger partial charge on any atom is 0.578 e. The molecule has 3 heterocycles. The van der Waals surface area contributed by atoms with Crippen LogP contribution in [0.15, 0.2) is 4.90 Å². The monoisotopic (exact) mass is 414 g/mol. The zero-order chi connectivity index (χ0) is 19.4. The van der Waals surface area contributed by atoms with Gasteiger partial charge in [0, 0.05) is 0 Å². The number of anilines is 1. The lowest BCUT2D eigenvalue weighted by atomic mass is 10.2. The number of alkyl halides is 3. The standard InChI is InChI=1S/C12H4ClF5N4O3S/c13-4-7(9-6(15)5(14)8(4)24-2-25-9)22-11(20)10(3(1-19)21-22)26(23)12(16,17)18/h2,20H2. The summed E-state index contributed by atoms with van der Waals surface area (Å²) in [7, 11) is 0. The van der Waals surface area contributed by atoms with E-state index in [9.17, 15) is 26.5 Å². The second-order valence-electron chi connectivity index (χ2n) is 4.66. The molecule has 0 radical (unpaired) electrons. The lowest BCUT2D eigenvalue weighted by molar-refractivity contribution is -0.0435. The number of rotatable bonds is 2. The Kier molecular flexibility index (Phi) is 4.29. The fraction of sp³-hybridized carbons (Fsp3) is 0.167. The summed E-state index contributed by atoms with van der Waals surface area (Å²) in [5, 5.41) is 11.8. The molecule has 2 aliphatic heterocycles. The number of halogens is 6. The predicted octanol–water partition coefficient (Wildman–Crippen LogP) is 2.61. The lowest BCUT2D eigenvalue weighted by Crippen LogP contribution is -2.24. The van der Waals surface area contributed by atoms with Crippen molar-refractivity contribution >= 4 is 28.6 Å². The van der Waals surface area contributed by atoms with Crippen LogP contribution in [0.3, 0.4) is 0 Å². The molecule has 1 unspecified atom stereocenters. The summed E-state index contributed by atoms with van der Waals surface area (Å²) in [5.41, 5.74) is -1.24. The first-order chi connectivity index (χ1) is 12.1. The van der Waals surface area contributed by atoms with E-state index in [-0.39, 0.29) is 0 Å². The number of nitrogens with zero attached hydrogens (tertiary/aromatic N) is 3. The number of nitriles is 1. The van der Waals surface area contributed by atoms with Crippen LogP contribution in [0.4, 0.5) is 27.8 Å². The van der Waals surface area contributed by atoms with Crippen molar-refractivity contribution in [1.29, 1.82) is 5.26 Å². The highest BCUT2D eigenvalue weighted by Gasteiger charge is 2.50. The molecule has 138 valence electrons. The largest absolute Gasteiger partial charge is 0.604 e. The molecule has 14 heteroatoms. The van der Waals surface area contributed by atoms with Gasteiger partial charge in [0.15, 0.2) is 17.3 Å². The number of aromatic nitrogens is 2. The predicted molar refractivity (Wildman–Crippen MR) is 76.2 cm³/mol. The number of hydrogen-bond donors (Lipinski definition) is 1. The first-order valence-corrected chi connectivity index (χ1v) is 7.86. The first kappa shape index (κ1) is 18.4. The van der Waals surface area contributed by atoms with Gasteiger partial charge >= 0.3 is 5.51 Å². The zero-order valence-corrected chi connectivity index (χ0v) is 13.6. The van der Waals surface area contributed by atoms with E-state index in [1.807, 2.05) is 0 Å². The van der Waals surface area contributed by atoms with Gasteiger partial charge in [0.25, 0.3) is 0 Å². The molecule has 0 aliphatic carbocycles. The summed E-state index contributed by atoms with van der Waals surface area (Å²) < 4.78 is 87.9. The van der Waals surface area contributed by atoms with Crippen molar-refractivity contribution in [1.82, 2.24) is 9.78 Å². The van der Waals surface area contributed by atoms with Crippen LogP contribution in [0, 0.1) is 23.0 Å². The van der Waals surface area contributed by atoms with Crippen molar-refractivity contribution in [3.05, 3.63) is 22.4 Å². The summed E-state index contributed by atoms with van der Waals surface area (Å²) in [6, 6.07) is 1.30.